The molecule has 2 N–H and O–H groups in total. The molecule has 1 aromatic rings. The molecule has 17 heavy (non-hydrogen) atoms. The van der Waals surface area contributed by atoms with Gasteiger partial charge in [0.15, 0.2) is 0 Å². The predicted octanol–water partition coefficient (Wildman–Crippen LogP) is 3.08. The number of hydrogen-bond donors (Lipinski definition) is 2. The van der Waals surface area contributed by atoms with Crippen LogP contribution in [-0.2, 0) is 17.4 Å². The zero-order valence-electron chi connectivity index (χ0n) is 8.38. The topological polar surface area (TPSA) is 57.5 Å². The Morgan fingerprint density at radius 1 is 1.35 bits per heavy atom. The summed E-state index contributed by atoms with van der Waals surface area (Å²) in [5.41, 5.74) is -1.15. The lowest BCUT2D eigenvalue weighted by molar-refractivity contribution is -0.137. The third-order valence-electron chi connectivity index (χ3n) is 2.08. The number of phenols is 1. The molecule has 0 radical (unpaired) electrons. The van der Waals surface area contributed by atoms with Crippen LogP contribution in [0, 0.1) is 0 Å². The quantitative estimate of drug-likeness (QED) is 0.886. The Bertz CT molecular complexity index is 443. The number of aryl methyl sites for hydroxylation is 1. The first-order chi connectivity index (χ1) is 7.71. The van der Waals surface area contributed by atoms with Crippen LogP contribution in [0.15, 0.2) is 12.1 Å². The molecule has 0 saturated heterocycles. The number of carboxylic acid groups (broad SMARTS) is 1. The van der Waals surface area contributed by atoms with Gasteiger partial charge < -0.3 is 10.2 Å². The third kappa shape index (κ3) is 3.52. The van der Waals surface area contributed by atoms with Crippen LogP contribution in [0.5, 0.6) is 5.75 Å². The van der Waals surface area contributed by atoms with E-state index in [-0.39, 0.29) is 18.4 Å². The van der Waals surface area contributed by atoms with Crippen molar-refractivity contribution in [3.63, 3.8) is 0 Å². The van der Waals surface area contributed by atoms with Crippen LogP contribution < -0.4 is 0 Å². The molecule has 7 heteroatoms. The van der Waals surface area contributed by atoms with Crippen LogP contribution >= 0.6 is 11.6 Å². The Balaban J connectivity index is 3.11. The van der Waals surface area contributed by atoms with Crippen LogP contribution in [0.2, 0.25) is 5.02 Å². The van der Waals surface area contributed by atoms with Gasteiger partial charge in [0.05, 0.1) is 10.6 Å². The van der Waals surface area contributed by atoms with Gasteiger partial charge in [-0.1, -0.05) is 11.6 Å². The Morgan fingerprint density at radius 3 is 2.41 bits per heavy atom. The second-order valence-electron chi connectivity index (χ2n) is 3.36. The molecule has 1 aromatic carbocycles. The first-order valence-electron chi connectivity index (χ1n) is 4.52. The minimum Gasteiger partial charge on any atom is -0.506 e. The summed E-state index contributed by atoms with van der Waals surface area (Å²) in [5, 5.41) is 17.4. The van der Waals surface area contributed by atoms with Gasteiger partial charge in [-0.2, -0.15) is 13.2 Å². The van der Waals surface area contributed by atoms with Gasteiger partial charge in [0, 0.05) is 6.42 Å². The van der Waals surface area contributed by atoms with Crippen molar-refractivity contribution in [3.05, 3.63) is 28.3 Å². The van der Waals surface area contributed by atoms with Crippen molar-refractivity contribution in [1.29, 1.82) is 0 Å². The molecule has 0 atom stereocenters. The number of carbonyl (C=O) groups is 1. The largest absolute Gasteiger partial charge is 0.506 e. The molecule has 0 aliphatic rings. The van der Waals surface area contributed by atoms with Crippen LogP contribution in [0.4, 0.5) is 13.2 Å². The van der Waals surface area contributed by atoms with E-state index >= 15 is 0 Å². The fourth-order valence-corrected chi connectivity index (χ4v) is 1.49. The minimum absolute atomic E-state index is 0.132. The van der Waals surface area contributed by atoms with E-state index in [0.29, 0.717) is 12.1 Å². The highest BCUT2D eigenvalue weighted by Gasteiger charge is 2.32. The van der Waals surface area contributed by atoms with Crippen molar-refractivity contribution in [2.75, 3.05) is 0 Å². The molecule has 0 saturated carbocycles. The number of aliphatic carboxylic acids is 1. The number of carboxylic acids is 1. The zero-order valence-corrected chi connectivity index (χ0v) is 9.14. The fourth-order valence-electron chi connectivity index (χ4n) is 1.25. The highest BCUT2D eigenvalue weighted by molar-refractivity contribution is 6.32. The van der Waals surface area contributed by atoms with E-state index in [9.17, 15) is 23.1 Å². The van der Waals surface area contributed by atoms with E-state index in [4.69, 9.17) is 16.7 Å². The monoisotopic (exact) mass is 268 g/mol. The Labute approximate surface area is 99.4 Å². The molecule has 0 amide bonds. The average molecular weight is 269 g/mol. The van der Waals surface area contributed by atoms with Crippen molar-refractivity contribution in [2.45, 2.75) is 19.0 Å². The van der Waals surface area contributed by atoms with E-state index in [2.05, 4.69) is 0 Å². The summed E-state index contributed by atoms with van der Waals surface area (Å²) < 4.78 is 37.3. The number of phenolic OH excluding ortho intramolecular Hbond substituents is 1. The third-order valence-corrected chi connectivity index (χ3v) is 2.37. The van der Waals surface area contributed by atoms with Crippen LogP contribution in [0.3, 0.4) is 0 Å². The van der Waals surface area contributed by atoms with Gasteiger partial charge in [-0.15, -0.1) is 0 Å². The zero-order chi connectivity index (χ0) is 13.2. The standard InChI is InChI=1S/C10H8ClF3O3/c11-7-4-6(10(12,13)14)3-5(9(7)17)1-2-8(15)16/h3-4,17H,1-2H2,(H,15,16). The number of benzene rings is 1. The maximum atomic E-state index is 12.4. The Morgan fingerprint density at radius 2 is 1.94 bits per heavy atom. The summed E-state index contributed by atoms with van der Waals surface area (Å²) in [5.74, 6) is -1.68. The highest BCUT2D eigenvalue weighted by atomic mass is 35.5. The van der Waals surface area contributed by atoms with Crippen molar-refractivity contribution in [2.24, 2.45) is 0 Å². The minimum atomic E-state index is -4.59. The molecule has 0 aliphatic heterocycles. The summed E-state index contributed by atoms with van der Waals surface area (Å²) in [6.07, 6.45) is -5.19. The molecule has 1 rings (SSSR count). The average Bonchev–Trinajstić information content (AvgIpc) is 2.18. The molecule has 0 spiro atoms. The molecular weight excluding hydrogens is 261 g/mol. The normalized spacial score (nSPS) is 11.5. The van der Waals surface area contributed by atoms with Gasteiger partial charge in [-0.3, -0.25) is 4.79 Å². The lowest BCUT2D eigenvalue weighted by Crippen LogP contribution is -2.06. The SMILES string of the molecule is O=C(O)CCc1cc(C(F)(F)F)cc(Cl)c1O. The van der Waals surface area contributed by atoms with Gasteiger partial charge in [0.25, 0.3) is 0 Å². The van der Waals surface area contributed by atoms with Crippen molar-refractivity contribution in [1.82, 2.24) is 0 Å². The summed E-state index contributed by atoms with van der Waals surface area (Å²) in [6, 6.07) is 1.30. The first-order valence-corrected chi connectivity index (χ1v) is 4.90. The Hall–Kier alpha value is -1.43. The Kier molecular flexibility index (Phi) is 3.87. The second-order valence-corrected chi connectivity index (χ2v) is 3.76. The molecule has 0 unspecified atom stereocenters. The number of hydrogen-bond acceptors (Lipinski definition) is 2. The van der Waals surface area contributed by atoms with Crippen LogP contribution in [-0.4, -0.2) is 16.2 Å². The second kappa shape index (κ2) is 4.83. The van der Waals surface area contributed by atoms with Gasteiger partial charge in [-0.05, 0) is 24.1 Å². The molecule has 0 fully saturated rings. The lowest BCUT2D eigenvalue weighted by atomic mass is 10.0. The summed E-state index contributed by atoms with van der Waals surface area (Å²) in [7, 11) is 0. The maximum absolute atomic E-state index is 12.4. The molecule has 0 heterocycles. The molecule has 3 nitrogen and oxygen atoms in total. The maximum Gasteiger partial charge on any atom is 0.416 e. The van der Waals surface area contributed by atoms with E-state index in [1.54, 1.807) is 0 Å². The molecule has 0 aliphatic carbocycles. The fraction of sp³-hybridized carbons (Fsp3) is 0.300. The van der Waals surface area contributed by atoms with Gasteiger partial charge in [-0.25, -0.2) is 0 Å². The number of alkyl halides is 3. The summed E-state index contributed by atoms with van der Waals surface area (Å²) in [4.78, 5) is 10.3. The number of aromatic hydroxyl groups is 1. The van der Waals surface area contributed by atoms with Crippen molar-refractivity contribution >= 4 is 17.6 Å². The van der Waals surface area contributed by atoms with E-state index < -0.39 is 28.5 Å². The smallest absolute Gasteiger partial charge is 0.416 e. The van der Waals surface area contributed by atoms with Crippen molar-refractivity contribution < 1.29 is 28.2 Å². The van der Waals surface area contributed by atoms with Gasteiger partial charge in [0.1, 0.15) is 5.75 Å². The summed E-state index contributed by atoms with van der Waals surface area (Å²) in [6.45, 7) is 0. The number of halogens is 4. The highest BCUT2D eigenvalue weighted by Crippen LogP contribution is 2.37. The molecular formula is C10H8ClF3O3. The van der Waals surface area contributed by atoms with E-state index in [1.807, 2.05) is 0 Å². The molecule has 0 aromatic heterocycles. The lowest BCUT2D eigenvalue weighted by Gasteiger charge is -2.11. The van der Waals surface area contributed by atoms with E-state index in [1.165, 1.54) is 0 Å². The first kappa shape index (κ1) is 13.6. The van der Waals surface area contributed by atoms with Crippen LogP contribution in [0.1, 0.15) is 17.5 Å². The molecule has 94 valence electrons. The number of rotatable bonds is 3. The van der Waals surface area contributed by atoms with Gasteiger partial charge in [0.2, 0.25) is 0 Å². The summed E-state index contributed by atoms with van der Waals surface area (Å²) >= 11 is 5.44. The predicted molar refractivity (Wildman–Crippen MR) is 54.1 cm³/mol. The molecule has 0 bridgehead atoms. The van der Waals surface area contributed by atoms with Crippen LogP contribution in [0.25, 0.3) is 0 Å². The van der Waals surface area contributed by atoms with Gasteiger partial charge >= 0.3 is 12.1 Å². The van der Waals surface area contributed by atoms with Crippen molar-refractivity contribution in [3.8, 4) is 5.75 Å². The van der Waals surface area contributed by atoms with E-state index in [0.717, 1.165) is 0 Å².